The minimum atomic E-state index is -1.58. The first-order valence-corrected chi connectivity index (χ1v) is 10.3. The van der Waals surface area contributed by atoms with Crippen LogP contribution in [-0.2, 0) is 15.1 Å². The monoisotopic (exact) mass is 371 g/mol. The Morgan fingerprint density at radius 1 is 1.19 bits per heavy atom. The lowest BCUT2D eigenvalue weighted by atomic mass is 9.73. The lowest BCUT2D eigenvalue weighted by Crippen LogP contribution is -2.45. The first-order chi connectivity index (χ1) is 13.1. The van der Waals surface area contributed by atoms with Crippen LogP contribution >= 0.6 is 0 Å². The maximum absolute atomic E-state index is 12.9. The van der Waals surface area contributed by atoms with Crippen LogP contribution in [0, 0.1) is 17.8 Å². The van der Waals surface area contributed by atoms with E-state index in [9.17, 15) is 9.90 Å². The zero-order chi connectivity index (χ0) is 19.5. The third-order valence-corrected chi connectivity index (χ3v) is 5.41. The lowest BCUT2D eigenvalue weighted by molar-refractivity contribution is -0.174. The van der Waals surface area contributed by atoms with Gasteiger partial charge in [-0.05, 0) is 37.9 Å². The second-order valence-corrected chi connectivity index (χ2v) is 7.27. The lowest BCUT2D eigenvalue weighted by Gasteiger charge is -2.36. The fraction of sp³-hybridized carbons (Fsp3) is 0.609. The molecule has 1 aliphatic carbocycles. The van der Waals surface area contributed by atoms with Gasteiger partial charge in [-0.2, -0.15) is 0 Å². The summed E-state index contributed by atoms with van der Waals surface area (Å²) in [5, 5.41) is 11.4. The summed E-state index contributed by atoms with van der Waals surface area (Å²) in [5.41, 5.74) is -0.962. The number of carbonyl (C=O) groups excluding carboxylic acids is 1. The van der Waals surface area contributed by atoms with Gasteiger partial charge in [0.25, 0.3) is 0 Å². The van der Waals surface area contributed by atoms with E-state index in [0.29, 0.717) is 12.1 Å². The fourth-order valence-corrected chi connectivity index (χ4v) is 3.83. The highest BCUT2D eigenvalue weighted by atomic mass is 16.5. The quantitative estimate of drug-likeness (QED) is 0.559. The average Bonchev–Trinajstić information content (AvgIpc) is 2.73. The topological polar surface area (TPSA) is 49.8 Å². The molecule has 1 fully saturated rings. The molecule has 1 aromatic carbocycles. The summed E-state index contributed by atoms with van der Waals surface area (Å²) in [4.78, 5) is 15.1. The van der Waals surface area contributed by atoms with E-state index in [0.717, 1.165) is 51.6 Å². The highest BCUT2D eigenvalue weighted by Gasteiger charge is 2.46. The number of carbonyl (C=O) groups is 1. The summed E-state index contributed by atoms with van der Waals surface area (Å²) < 4.78 is 5.41. The van der Waals surface area contributed by atoms with Gasteiger partial charge in [-0.1, -0.05) is 75.3 Å². The third kappa shape index (κ3) is 5.82. The van der Waals surface area contributed by atoms with Crippen molar-refractivity contribution in [3.8, 4) is 11.8 Å². The molecule has 4 nitrogen and oxygen atoms in total. The highest BCUT2D eigenvalue weighted by molar-refractivity contribution is 5.81. The van der Waals surface area contributed by atoms with Gasteiger partial charge in [-0.3, -0.25) is 4.90 Å². The first kappa shape index (κ1) is 21.5. The van der Waals surface area contributed by atoms with Crippen LogP contribution in [0.15, 0.2) is 30.3 Å². The number of ether oxygens (including phenoxy) is 1. The summed E-state index contributed by atoms with van der Waals surface area (Å²) in [5.74, 6) is 5.31. The van der Waals surface area contributed by atoms with Crippen molar-refractivity contribution in [3.63, 3.8) is 0 Å². The predicted molar refractivity (Wildman–Crippen MR) is 108 cm³/mol. The number of hydrogen-bond acceptors (Lipinski definition) is 4. The van der Waals surface area contributed by atoms with Gasteiger partial charge in [0.1, 0.15) is 0 Å². The Balaban J connectivity index is 2.02. The molecule has 0 radical (unpaired) electrons. The number of benzene rings is 1. The van der Waals surface area contributed by atoms with Gasteiger partial charge in [0.2, 0.25) is 0 Å². The van der Waals surface area contributed by atoms with Crippen molar-refractivity contribution >= 4 is 5.97 Å². The van der Waals surface area contributed by atoms with Crippen molar-refractivity contribution < 1.29 is 14.6 Å². The average molecular weight is 372 g/mol. The fourth-order valence-electron chi connectivity index (χ4n) is 3.83. The Morgan fingerprint density at radius 3 is 2.52 bits per heavy atom. The molecule has 1 aliphatic rings. The molecule has 2 rings (SSSR count). The summed E-state index contributed by atoms with van der Waals surface area (Å²) in [6, 6.07) is 9.21. The normalized spacial score (nSPS) is 17.0. The highest BCUT2D eigenvalue weighted by Crippen LogP contribution is 2.40. The van der Waals surface area contributed by atoms with E-state index in [1.54, 1.807) is 0 Å². The van der Waals surface area contributed by atoms with Crippen LogP contribution in [0.5, 0.6) is 0 Å². The number of aliphatic hydroxyl groups is 1. The molecule has 27 heavy (non-hydrogen) atoms. The molecule has 1 atom stereocenters. The second kappa shape index (κ2) is 11.1. The van der Waals surface area contributed by atoms with Gasteiger partial charge in [0, 0.05) is 5.92 Å². The predicted octanol–water partition coefficient (Wildman–Crippen LogP) is 3.73. The zero-order valence-electron chi connectivity index (χ0n) is 16.7. The molecule has 1 saturated carbocycles. The molecule has 148 valence electrons. The van der Waals surface area contributed by atoms with Crippen molar-refractivity contribution in [1.82, 2.24) is 4.90 Å². The van der Waals surface area contributed by atoms with Crippen molar-refractivity contribution in [1.29, 1.82) is 0 Å². The van der Waals surface area contributed by atoms with Gasteiger partial charge < -0.3 is 9.84 Å². The van der Waals surface area contributed by atoms with Crippen LogP contribution in [0.25, 0.3) is 0 Å². The SMILES string of the molecule is CCCN(CC)CC#CCOC(=O)[C@](O)(c1ccccc1)C1CCCCC1. The van der Waals surface area contributed by atoms with E-state index in [-0.39, 0.29) is 12.5 Å². The zero-order valence-corrected chi connectivity index (χ0v) is 16.7. The minimum absolute atomic E-state index is 0.0182. The summed E-state index contributed by atoms with van der Waals surface area (Å²) in [6.07, 6.45) is 6.02. The molecule has 4 heteroatoms. The molecule has 0 heterocycles. The van der Waals surface area contributed by atoms with Crippen molar-refractivity contribution in [2.24, 2.45) is 5.92 Å². The number of nitrogens with zero attached hydrogens (tertiary/aromatic N) is 1. The Hall–Kier alpha value is -1.83. The summed E-state index contributed by atoms with van der Waals surface area (Å²) >= 11 is 0. The van der Waals surface area contributed by atoms with Crippen molar-refractivity contribution in [2.75, 3.05) is 26.2 Å². The molecular formula is C23H33NO3. The van der Waals surface area contributed by atoms with Gasteiger partial charge in [-0.15, -0.1) is 0 Å². The molecule has 0 spiro atoms. The van der Waals surface area contributed by atoms with Crippen molar-refractivity contribution in [3.05, 3.63) is 35.9 Å². The molecule has 0 amide bonds. The molecule has 1 aromatic rings. The molecule has 0 aliphatic heterocycles. The summed E-state index contributed by atoms with van der Waals surface area (Å²) in [7, 11) is 0. The van der Waals surface area contributed by atoms with Gasteiger partial charge in [0.05, 0.1) is 6.54 Å². The Bertz CT molecular complexity index is 628. The first-order valence-electron chi connectivity index (χ1n) is 10.3. The maximum Gasteiger partial charge on any atom is 0.344 e. The van der Waals surface area contributed by atoms with E-state index in [1.807, 2.05) is 30.3 Å². The van der Waals surface area contributed by atoms with Gasteiger partial charge in [-0.25, -0.2) is 4.79 Å². The molecule has 0 unspecified atom stereocenters. The molecule has 0 saturated heterocycles. The third-order valence-electron chi connectivity index (χ3n) is 5.41. The second-order valence-electron chi connectivity index (χ2n) is 7.27. The number of hydrogen-bond donors (Lipinski definition) is 1. The van der Waals surface area contributed by atoms with Crippen LogP contribution in [-0.4, -0.2) is 42.2 Å². The summed E-state index contributed by atoms with van der Waals surface area (Å²) in [6.45, 7) is 6.92. The van der Waals surface area contributed by atoms with Crippen LogP contribution < -0.4 is 0 Å². The van der Waals surface area contributed by atoms with Gasteiger partial charge >= 0.3 is 5.97 Å². The van der Waals surface area contributed by atoms with Gasteiger partial charge in [0.15, 0.2) is 12.2 Å². The molecule has 0 aromatic heterocycles. The van der Waals surface area contributed by atoms with Crippen molar-refractivity contribution in [2.45, 2.75) is 58.0 Å². The van der Waals surface area contributed by atoms with Crippen LogP contribution in [0.3, 0.4) is 0 Å². The Labute approximate surface area is 163 Å². The largest absolute Gasteiger partial charge is 0.450 e. The number of rotatable bonds is 8. The maximum atomic E-state index is 12.9. The van der Waals surface area contributed by atoms with Crippen LogP contribution in [0.2, 0.25) is 0 Å². The molecule has 1 N–H and O–H groups in total. The van der Waals surface area contributed by atoms with E-state index < -0.39 is 11.6 Å². The van der Waals surface area contributed by atoms with Crippen LogP contribution in [0.1, 0.15) is 57.9 Å². The smallest absolute Gasteiger partial charge is 0.344 e. The Kier molecular flexibility index (Phi) is 8.84. The Morgan fingerprint density at radius 2 is 1.89 bits per heavy atom. The van der Waals surface area contributed by atoms with E-state index in [2.05, 4.69) is 30.6 Å². The molecule has 0 bridgehead atoms. The van der Waals surface area contributed by atoms with Crippen LogP contribution in [0.4, 0.5) is 0 Å². The minimum Gasteiger partial charge on any atom is -0.450 e. The van der Waals surface area contributed by atoms with E-state index in [1.165, 1.54) is 0 Å². The standard InChI is InChI=1S/C23H33NO3/c1-3-17-24(4-2)18-11-12-19-27-22(25)23(26,20-13-7-5-8-14-20)21-15-9-6-10-16-21/h5,7-8,13-14,21,26H,3-4,6,9-10,15-19H2,1-2H3/t23-/m0/s1. The van der Waals surface area contributed by atoms with E-state index >= 15 is 0 Å². The number of esters is 1. The molecular weight excluding hydrogens is 338 g/mol. The van der Waals surface area contributed by atoms with E-state index in [4.69, 9.17) is 4.74 Å².